The Morgan fingerprint density at radius 2 is 1.90 bits per heavy atom. The monoisotopic (exact) mass is 416 g/mol. The predicted molar refractivity (Wildman–Crippen MR) is 122 cm³/mol. The number of aromatic nitrogens is 3. The van der Waals surface area contributed by atoms with Crippen LogP contribution in [-0.2, 0) is 17.6 Å². The summed E-state index contributed by atoms with van der Waals surface area (Å²) in [6.45, 7) is 1.66. The largest absolute Gasteiger partial charge is 0.376 e. The Kier molecular flexibility index (Phi) is 4.61. The zero-order valence-corrected chi connectivity index (χ0v) is 17.7. The number of hydrogen-bond donors (Lipinski definition) is 1. The number of rotatable bonds is 4. The van der Waals surface area contributed by atoms with E-state index in [2.05, 4.69) is 40.6 Å². The maximum absolute atomic E-state index is 5.77. The summed E-state index contributed by atoms with van der Waals surface area (Å²) in [4.78, 5) is 15.5. The van der Waals surface area contributed by atoms with E-state index in [1.54, 1.807) is 17.7 Å². The van der Waals surface area contributed by atoms with Crippen LogP contribution in [0.15, 0.2) is 36.7 Å². The summed E-state index contributed by atoms with van der Waals surface area (Å²) in [6.07, 6.45) is 8.87. The van der Waals surface area contributed by atoms with Crippen molar-refractivity contribution in [3.05, 3.63) is 47.8 Å². The maximum Gasteiger partial charge on any atom is 0.147 e. The first-order valence-corrected chi connectivity index (χ1v) is 11.7. The standard InChI is InChI=1S/C24H24N4OS/c1-2-7-15(8-3-1)20-18-11-5-4-10-17(18)19-21-22(30-24(19)28-20)23(27-14-26-21)25-13-16-9-6-12-29-16/h1-3,7-8,14,16H,4-6,9-13H2,(H,25,26,27)/t16-/m0/s1. The van der Waals surface area contributed by atoms with Crippen LogP contribution in [0.25, 0.3) is 31.7 Å². The number of ether oxygens (including phenoxy) is 1. The third kappa shape index (κ3) is 3.06. The number of benzene rings is 1. The van der Waals surface area contributed by atoms with Gasteiger partial charge in [-0.25, -0.2) is 15.0 Å². The summed E-state index contributed by atoms with van der Waals surface area (Å²) < 4.78 is 6.88. The summed E-state index contributed by atoms with van der Waals surface area (Å²) in [6, 6.07) is 10.6. The molecule has 1 N–H and O–H groups in total. The lowest BCUT2D eigenvalue weighted by atomic mass is 9.87. The molecule has 1 atom stereocenters. The highest BCUT2D eigenvalue weighted by Gasteiger charge is 2.24. The van der Waals surface area contributed by atoms with Crippen LogP contribution in [0.5, 0.6) is 0 Å². The second-order valence-electron chi connectivity index (χ2n) is 8.19. The molecule has 30 heavy (non-hydrogen) atoms. The molecule has 4 aromatic rings. The second-order valence-corrected chi connectivity index (χ2v) is 9.19. The Labute approximate surface area is 179 Å². The van der Waals surface area contributed by atoms with Crippen LogP contribution in [0.4, 0.5) is 5.82 Å². The average Bonchev–Trinajstić information content (AvgIpc) is 3.45. The molecule has 0 saturated carbocycles. The molecular formula is C24H24N4OS. The van der Waals surface area contributed by atoms with Crippen molar-refractivity contribution in [2.45, 2.75) is 44.6 Å². The van der Waals surface area contributed by atoms with Gasteiger partial charge in [0.2, 0.25) is 0 Å². The molecule has 0 spiro atoms. The van der Waals surface area contributed by atoms with Crippen LogP contribution < -0.4 is 5.32 Å². The van der Waals surface area contributed by atoms with Crippen molar-refractivity contribution in [1.82, 2.24) is 15.0 Å². The minimum absolute atomic E-state index is 0.278. The molecule has 6 rings (SSSR count). The molecule has 4 heterocycles. The van der Waals surface area contributed by atoms with E-state index in [0.717, 1.165) is 65.4 Å². The Bertz CT molecular complexity index is 1210. The number of anilines is 1. The molecule has 0 bridgehead atoms. The lowest BCUT2D eigenvalue weighted by Gasteiger charge is -2.20. The van der Waals surface area contributed by atoms with E-state index in [0.29, 0.717) is 0 Å². The van der Waals surface area contributed by atoms with Crippen LogP contribution in [0.3, 0.4) is 0 Å². The fraction of sp³-hybridized carbons (Fsp3) is 0.375. The first-order chi connectivity index (χ1) is 14.9. The van der Waals surface area contributed by atoms with Crippen LogP contribution in [0, 0.1) is 0 Å². The van der Waals surface area contributed by atoms with Crippen LogP contribution in [0.2, 0.25) is 0 Å². The van der Waals surface area contributed by atoms with Gasteiger partial charge < -0.3 is 10.1 Å². The summed E-state index contributed by atoms with van der Waals surface area (Å²) >= 11 is 1.71. The summed E-state index contributed by atoms with van der Waals surface area (Å²) in [5.74, 6) is 0.907. The van der Waals surface area contributed by atoms with E-state index in [-0.39, 0.29) is 6.10 Å². The predicted octanol–water partition coefficient (Wildman–Crippen LogP) is 5.38. The van der Waals surface area contributed by atoms with Gasteiger partial charge in [-0.2, -0.15) is 0 Å². The normalized spacial score (nSPS) is 18.7. The van der Waals surface area contributed by atoms with Gasteiger partial charge in [-0.1, -0.05) is 30.3 Å². The molecule has 0 unspecified atom stereocenters. The number of thiophene rings is 1. The van der Waals surface area contributed by atoms with Gasteiger partial charge in [0.25, 0.3) is 0 Å². The minimum Gasteiger partial charge on any atom is -0.376 e. The molecule has 3 aromatic heterocycles. The Morgan fingerprint density at radius 1 is 1.03 bits per heavy atom. The van der Waals surface area contributed by atoms with E-state index in [4.69, 9.17) is 14.7 Å². The Balaban J connectivity index is 1.52. The Hall–Kier alpha value is -2.57. The van der Waals surface area contributed by atoms with Crippen molar-refractivity contribution >= 4 is 37.6 Å². The smallest absolute Gasteiger partial charge is 0.147 e. The molecule has 1 saturated heterocycles. The summed E-state index contributed by atoms with van der Waals surface area (Å²) in [5.41, 5.74) is 6.25. The Morgan fingerprint density at radius 3 is 2.73 bits per heavy atom. The van der Waals surface area contributed by atoms with Crippen LogP contribution in [-0.4, -0.2) is 34.2 Å². The van der Waals surface area contributed by atoms with E-state index in [9.17, 15) is 0 Å². The van der Waals surface area contributed by atoms with Crippen molar-refractivity contribution in [3.63, 3.8) is 0 Å². The highest BCUT2D eigenvalue weighted by Crippen LogP contribution is 2.42. The molecule has 2 aliphatic rings. The first kappa shape index (κ1) is 18.2. The van der Waals surface area contributed by atoms with Gasteiger partial charge in [0, 0.05) is 24.1 Å². The molecule has 5 nitrogen and oxygen atoms in total. The van der Waals surface area contributed by atoms with Crippen molar-refractivity contribution < 1.29 is 4.74 Å². The lowest BCUT2D eigenvalue weighted by Crippen LogP contribution is -2.18. The third-order valence-corrected chi connectivity index (χ3v) is 7.37. The zero-order valence-electron chi connectivity index (χ0n) is 16.9. The van der Waals surface area contributed by atoms with Gasteiger partial charge in [-0.3, -0.25) is 0 Å². The van der Waals surface area contributed by atoms with E-state index < -0.39 is 0 Å². The highest BCUT2D eigenvalue weighted by molar-refractivity contribution is 7.26. The summed E-state index contributed by atoms with van der Waals surface area (Å²) in [7, 11) is 0. The van der Waals surface area contributed by atoms with Crippen molar-refractivity contribution in [1.29, 1.82) is 0 Å². The van der Waals surface area contributed by atoms with Crippen molar-refractivity contribution in [3.8, 4) is 11.3 Å². The molecule has 1 aromatic carbocycles. The highest BCUT2D eigenvalue weighted by atomic mass is 32.1. The van der Waals surface area contributed by atoms with Gasteiger partial charge in [0.1, 0.15) is 17.0 Å². The SMILES string of the molecule is c1ccc(-c2nc3sc4c(NC[C@@H]5CCCO5)ncnc4c3c3c2CCCC3)cc1. The van der Waals surface area contributed by atoms with Gasteiger partial charge >= 0.3 is 0 Å². The van der Waals surface area contributed by atoms with Gasteiger partial charge in [-0.15, -0.1) is 11.3 Å². The fourth-order valence-corrected chi connectivity index (χ4v) is 5.96. The fourth-order valence-electron chi connectivity index (χ4n) is 4.84. The third-order valence-electron chi connectivity index (χ3n) is 6.29. The van der Waals surface area contributed by atoms with Crippen LogP contribution in [0.1, 0.15) is 36.8 Å². The van der Waals surface area contributed by atoms with Crippen molar-refractivity contribution in [2.75, 3.05) is 18.5 Å². The van der Waals surface area contributed by atoms with E-state index in [1.807, 2.05) is 0 Å². The molecule has 1 aliphatic heterocycles. The van der Waals surface area contributed by atoms with Crippen LogP contribution >= 0.6 is 11.3 Å². The summed E-state index contributed by atoms with van der Waals surface area (Å²) in [5, 5.41) is 4.77. The van der Waals surface area contributed by atoms with E-state index in [1.165, 1.54) is 34.9 Å². The minimum atomic E-state index is 0.278. The molecule has 0 radical (unpaired) electrons. The molecule has 1 fully saturated rings. The van der Waals surface area contributed by atoms with E-state index >= 15 is 0 Å². The van der Waals surface area contributed by atoms with Gasteiger partial charge in [-0.05, 0) is 49.7 Å². The molecule has 0 amide bonds. The topological polar surface area (TPSA) is 59.9 Å². The number of hydrogen-bond acceptors (Lipinski definition) is 6. The second kappa shape index (κ2) is 7.60. The number of pyridine rings is 1. The maximum atomic E-state index is 5.77. The lowest BCUT2D eigenvalue weighted by molar-refractivity contribution is 0.120. The zero-order chi connectivity index (χ0) is 19.9. The molecule has 1 aliphatic carbocycles. The van der Waals surface area contributed by atoms with Gasteiger partial charge in [0.05, 0.1) is 22.0 Å². The first-order valence-electron chi connectivity index (χ1n) is 10.9. The molecule has 152 valence electrons. The molecular weight excluding hydrogens is 392 g/mol. The number of nitrogens with zero attached hydrogens (tertiary/aromatic N) is 3. The number of aryl methyl sites for hydroxylation is 1. The average molecular weight is 417 g/mol. The van der Waals surface area contributed by atoms with Crippen molar-refractivity contribution in [2.24, 2.45) is 0 Å². The molecule has 6 heteroatoms. The quantitative estimate of drug-likeness (QED) is 0.484. The van der Waals surface area contributed by atoms with Gasteiger partial charge in [0.15, 0.2) is 0 Å². The number of nitrogens with one attached hydrogen (secondary N) is 1. The number of fused-ring (bicyclic) bond motifs is 5.